The Morgan fingerprint density at radius 1 is 1.27 bits per heavy atom. The van der Waals surface area contributed by atoms with Crippen molar-refractivity contribution in [2.24, 2.45) is 0 Å². The van der Waals surface area contributed by atoms with Gasteiger partial charge in [-0.15, -0.1) is 5.10 Å². The smallest absolute Gasteiger partial charge is 0.209 e. The van der Waals surface area contributed by atoms with E-state index in [9.17, 15) is 0 Å². The Morgan fingerprint density at radius 3 is 2.60 bits per heavy atom. The molecule has 4 heteroatoms. The van der Waals surface area contributed by atoms with E-state index in [1.54, 1.807) is 11.8 Å². The number of hydrogen-bond donors (Lipinski definition) is 1. The summed E-state index contributed by atoms with van der Waals surface area (Å²) in [6.45, 7) is 4.07. The SMILES string of the molecule is Cc1nc(S[C@@H](C)c2ccccc2)n[nH]1. The van der Waals surface area contributed by atoms with Crippen molar-refractivity contribution < 1.29 is 0 Å². The maximum Gasteiger partial charge on any atom is 0.209 e. The highest BCUT2D eigenvalue weighted by Crippen LogP contribution is 2.32. The number of thioether (sulfide) groups is 1. The van der Waals surface area contributed by atoms with Crippen LogP contribution in [-0.4, -0.2) is 15.2 Å². The predicted octanol–water partition coefficient (Wildman–Crippen LogP) is 2.97. The van der Waals surface area contributed by atoms with Gasteiger partial charge in [0.05, 0.1) is 0 Å². The van der Waals surface area contributed by atoms with Gasteiger partial charge >= 0.3 is 0 Å². The minimum absolute atomic E-state index is 0.376. The minimum atomic E-state index is 0.376. The predicted molar refractivity (Wildman–Crippen MR) is 61.8 cm³/mol. The normalized spacial score (nSPS) is 12.7. The highest BCUT2D eigenvalue weighted by molar-refractivity contribution is 7.99. The van der Waals surface area contributed by atoms with Crippen molar-refractivity contribution >= 4 is 11.8 Å². The number of aryl methyl sites for hydroxylation is 1. The quantitative estimate of drug-likeness (QED) is 0.807. The van der Waals surface area contributed by atoms with Crippen molar-refractivity contribution in [3.8, 4) is 0 Å². The average molecular weight is 219 g/mol. The molecule has 3 nitrogen and oxygen atoms in total. The molecule has 0 bridgehead atoms. The summed E-state index contributed by atoms with van der Waals surface area (Å²) in [6.07, 6.45) is 0. The average Bonchev–Trinajstić information content (AvgIpc) is 2.65. The molecule has 0 saturated heterocycles. The zero-order valence-corrected chi connectivity index (χ0v) is 9.58. The van der Waals surface area contributed by atoms with E-state index in [4.69, 9.17) is 0 Å². The Labute approximate surface area is 93.3 Å². The standard InChI is InChI=1S/C11H13N3S/c1-8(10-6-4-3-5-7-10)15-11-12-9(2)13-14-11/h3-8H,1-2H3,(H,12,13,14)/t8-/m0/s1. The van der Waals surface area contributed by atoms with Gasteiger partial charge in [0, 0.05) is 5.25 Å². The first-order chi connectivity index (χ1) is 7.25. The van der Waals surface area contributed by atoms with Crippen molar-refractivity contribution in [2.45, 2.75) is 24.3 Å². The lowest BCUT2D eigenvalue weighted by Crippen LogP contribution is -1.88. The molecule has 1 heterocycles. The number of aromatic amines is 1. The maximum absolute atomic E-state index is 4.27. The van der Waals surface area contributed by atoms with Crippen molar-refractivity contribution in [3.63, 3.8) is 0 Å². The van der Waals surface area contributed by atoms with Gasteiger partial charge in [-0.1, -0.05) is 42.1 Å². The van der Waals surface area contributed by atoms with E-state index in [1.807, 2.05) is 13.0 Å². The maximum atomic E-state index is 4.27. The van der Waals surface area contributed by atoms with Crippen LogP contribution in [0.3, 0.4) is 0 Å². The van der Waals surface area contributed by atoms with Crippen LogP contribution in [0.4, 0.5) is 0 Å². The molecule has 0 fully saturated rings. The summed E-state index contributed by atoms with van der Waals surface area (Å²) < 4.78 is 0. The molecule has 1 N–H and O–H groups in total. The molecule has 2 aromatic rings. The molecular formula is C11H13N3S. The number of nitrogens with one attached hydrogen (secondary N) is 1. The molecule has 15 heavy (non-hydrogen) atoms. The molecule has 1 aromatic heterocycles. The van der Waals surface area contributed by atoms with Crippen LogP contribution in [0.15, 0.2) is 35.5 Å². The molecule has 0 amide bonds. The lowest BCUT2D eigenvalue weighted by molar-refractivity contribution is 0.957. The molecule has 0 saturated carbocycles. The van der Waals surface area contributed by atoms with Crippen LogP contribution in [0.1, 0.15) is 23.6 Å². The molecule has 0 aliphatic heterocycles. The van der Waals surface area contributed by atoms with Crippen LogP contribution in [0, 0.1) is 6.92 Å². The molecule has 0 spiro atoms. The second-order valence-corrected chi connectivity index (χ2v) is 4.68. The second kappa shape index (κ2) is 4.49. The van der Waals surface area contributed by atoms with Crippen molar-refractivity contribution in [1.82, 2.24) is 15.2 Å². The lowest BCUT2D eigenvalue weighted by atomic mass is 10.2. The van der Waals surface area contributed by atoms with Gasteiger partial charge < -0.3 is 0 Å². The van der Waals surface area contributed by atoms with Gasteiger partial charge in [0.1, 0.15) is 5.82 Å². The van der Waals surface area contributed by atoms with Crippen LogP contribution in [0.2, 0.25) is 0 Å². The largest absolute Gasteiger partial charge is 0.262 e. The Hall–Kier alpha value is -1.29. The Bertz CT molecular complexity index is 424. The number of benzene rings is 1. The Morgan fingerprint density at radius 2 is 2.00 bits per heavy atom. The number of H-pyrrole nitrogens is 1. The summed E-state index contributed by atoms with van der Waals surface area (Å²) in [5.41, 5.74) is 1.30. The summed E-state index contributed by atoms with van der Waals surface area (Å²) in [6, 6.07) is 10.4. The molecule has 0 aliphatic carbocycles. The lowest BCUT2D eigenvalue weighted by Gasteiger charge is -2.07. The van der Waals surface area contributed by atoms with Crippen LogP contribution in [-0.2, 0) is 0 Å². The molecule has 78 valence electrons. The van der Waals surface area contributed by atoms with Crippen molar-refractivity contribution in [3.05, 3.63) is 41.7 Å². The first-order valence-electron chi connectivity index (χ1n) is 4.86. The van der Waals surface area contributed by atoms with E-state index < -0.39 is 0 Å². The fourth-order valence-electron chi connectivity index (χ4n) is 1.33. The monoisotopic (exact) mass is 219 g/mol. The highest BCUT2D eigenvalue weighted by Gasteiger charge is 2.09. The Balaban J connectivity index is 2.07. The second-order valence-electron chi connectivity index (χ2n) is 3.37. The first-order valence-corrected chi connectivity index (χ1v) is 5.74. The van der Waals surface area contributed by atoms with Crippen LogP contribution in [0.25, 0.3) is 0 Å². The molecule has 0 unspecified atom stereocenters. The highest BCUT2D eigenvalue weighted by atomic mass is 32.2. The summed E-state index contributed by atoms with van der Waals surface area (Å²) in [4.78, 5) is 4.27. The summed E-state index contributed by atoms with van der Waals surface area (Å²) in [5.74, 6) is 0.859. The third-order valence-corrected chi connectivity index (χ3v) is 3.15. The fraction of sp³-hybridized carbons (Fsp3) is 0.273. The van der Waals surface area contributed by atoms with E-state index in [0.717, 1.165) is 11.0 Å². The van der Waals surface area contributed by atoms with E-state index in [2.05, 4.69) is 46.4 Å². The van der Waals surface area contributed by atoms with Gasteiger partial charge in [0.2, 0.25) is 5.16 Å². The molecule has 1 atom stereocenters. The van der Waals surface area contributed by atoms with Crippen LogP contribution >= 0.6 is 11.8 Å². The fourth-order valence-corrected chi connectivity index (χ4v) is 2.22. The van der Waals surface area contributed by atoms with E-state index in [1.165, 1.54) is 5.56 Å². The molecule has 0 radical (unpaired) electrons. The van der Waals surface area contributed by atoms with Crippen LogP contribution in [0.5, 0.6) is 0 Å². The minimum Gasteiger partial charge on any atom is -0.262 e. The molecule has 1 aromatic carbocycles. The van der Waals surface area contributed by atoms with Crippen molar-refractivity contribution in [2.75, 3.05) is 0 Å². The number of hydrogen-bond acceptors (Lipinski definition) is 3. The number of nitrogens with zero attached hydrogens (tertiary/aromatic N) is 2. The van der Waals surface area contributed by atoms with E-state index >= 15 is 0 Å². The first kappa shape index (κ1) is 10.2. The zero-order valence-electron chi connectivity index (χ0n) is 8.77. The van der Waals surface area contributed by atoms with Gasteiger partial charge in [-0.05, 0) is 19.4 Å². The molecular weight excluding hydrogens is 206 g/mol. The summed E-state index contributed by atoms with van der Waals surface area (Å²) in [7, 11) is 0. The number of rotatable bonds is 3. The van der Waals surface area contributed by atoms with Gasteiger partial charge in [-0.25, -0.2) is 4.98 Å². The molecule has 2 rings (SSSR count). The van der Waals surface area contributed by atoms with Gasteiger partial charge in [-0.3, -0.25) is 5.10 Å². The summed E-state index contributed by atoms with van der Waals surface area (Å²) in [5, 5.41) is 8.14. The van der Waals surface area contributed by atoms with Gasteiger partial charge in [0.15, 0.2) is 0 Å². The zero-order chi connectivity index (χ0) is 10.7. The summed E-state index contributed by atoms with van der Waals surface area (Å²) >= 11 is 1.66. The van der Waals surface area contributed by atoms with Gasteiger partial charge in [-0.2, -0.15) is 0 Å². The van der Waals surface area contributed by atoms with E-state index in [-0.39, 0.29) is 0 Å². The number of aromatic nitrogens is 3. The molecule has 0 aliphatic rings. The van der Waals surface area contributed by atoms with Gasteiger partial charge in [0.25, 0.3) is 0 Å². The van der Waals surface area contributed by atoms with E-state index in [0.29, 0.717) is 5.25 Å². The third-order valence-electron chi connectivity index (χ3n) is 2.13. The van der Waals surface area contributed by atoms with Crippen LogP contribution < -0.4 is 0 Å². The van der Waals surface area contributed by atoms with Crippen molar-refractivity contribution in [1.29, 1.82) is 0 Å². The third kappa shape index (κ3) is 2.59. The topological polar surface area (TPSA) is 41.6 Å². The Kier molecular flexibility index (Phi) is 3.06.